The lowest BCUT2D eigenvalue weighted by atomic mass is 9.42. The summed E-state index contributed by atoms with van der Waals surface area (Å²) in [4.78, 5) is 100. The second-order valence-electron chi connectivity index (χ2n) is 19.4. The van der Waals surface area contributed by atoms with E-state index >= 15 is 4.79 Å². The van der Waals surface area contributed by atoms with Gasteiger partial charge in [-0.3, -0.25) is 28.8 Å². The third-order valence-electron chi connectivity index (χ3n) is 14.9. The number of Topliss-reactive ketones (excluding diaryl/α,β-unsaturated/α-hetero) is 3. The van der Waals surface area contributed by atoms with Crippen molar-refractivity contribution in [3.05, 3.63) is 118 Å². The molecule has 3 fully saturated rings. The van der Waals surface area contributed by atoms with Crippen LogP contribution in [0, 0.1) is 22.7 Å². The fourth-order valence-corrected chi connectivity index (χ4v) is 10.8. The number of nitrogens with two attached hydrogens (primary N) is 1. The Labute approximate surface area is 409 Å². The first-order valence-corrected chi connectivity index (χ1v) is 23.1. The first-order chi connectivity index (χ1) is 33.4. The number of nitrogens with one attached hydrogen (secondary N) is 1. The lowest BCUT2D eigenvalue weighted by molar-refractivity contribution is -0.252. The number of aliphatic hydroxyl groups excluding tert-OH is 2. The standard InChI is InChI=1S/C47H51NO13.C5H9NO4/c1-24-33(61-44(57)39(52)38(27-12-8-6-9-13-27)48-42(54)28-14-10-7-11-15-28)21-47(58)36(26-16-18-29(19-17-26)43(55)56)37-30-22-59-32(30)20-34(51)46(37,5)41(53)40(35(24)45(47,3)4)60-23-31(50)25(2)49;6-3(5(9)10)1-2-4(7)8/h6-19,30,32-34,36-40,51-52,58H,20-23H2,1-5H3,(H,48,54)(H,55,56);3H,1-2,6H2,(H,7,8)(H,9,10)/t30-,32-,33-,34-,36+,37+,38-,39+,40+,46+,47+;3-/m00/s1. The normalized spacial score (nSPS) is 28.5. The van der Waals surface area contributed by atoms with Crippen LogP contribution in [-0.4, -0.2) is 133 Å². The number of carbonyl (C=O) groups excluding carboxylic acids is 5. The summed E-state index contributed by atoms with van der Waals surface area (Å²) in [6, 6.07) is 20.2. The van der Waals surface area contributed by atoms with Crippen LogP contribution in [0.4, 0.5) is 0 Å². The van der Waals surface area contributed by atoms with Crippen LogP contribution in [0.5, 0.6) is 0 Å². The van der Waals surface area contributed by atoms with Gasteiger partial charge < -0.3 is 55.9 Å². The number of carboxylic acids is 3. The summed E-state index contributed by atoms with van der Waals surface area (Å²) in [7, 11) is 0. The highest BCUT2D eigenvalue weighted by Gasteiger charge is 2.71. The zero-order valence-corrected chi connectivity index (χ0v) is 39.9. The Kier molecular flexibility index (Phi) is 16.3. The molecule has 1 aliphatic heterocycles. The highest BCUT2D eigenvalue weighted by Crippen LogP contribution is 2.66. The number of aliphatic carboxylic acids is 2. The number of amides is 1. The van der Waals surface area contributed by atoms with E-state index in [4.69, 9.17) is 30.2 Å². The minimum absolute atomic E-state index is 0.0231. The van der Waals surface area contributed by atoms with E-state index in [1.165, 1.54) is 12.1 Å². The van der Waals surface area contributed by atoms with Crippen molar-refractivity contribution in [2.24, 2.45) is 28.4 Å². The van der Waals surface area contributed by atoms with Crippen LogP contribution in [-0.2, 0) is 43.0 Å². The fraction of sp³-hybridized carbons (Fsp3) is 0.462. The minimum atomic E-state index is -1.99. The first-order valence-electron chi connectivity index (χ1n) is 23.1. The summed E-state index contributed by atoms with van der Waals surface area (Å²) in [5, 5.41) is 66.4. The van der Waals surface area contributed by atoms with Crippen LogP contribution in [0.1, 0.15) is 104 Å². The largest absolute Gasteiger partial charge is 0.481 e. The van der Waals surface area contributed by atoms with Crippen molar-refractivity contribution in [1.82, 2.24) is 5.32 Å². The molecule has 3 aromatic carbocycles. The molecule has 19 nitrogen and oxygen atoms in total. The van der Waals surface area contributed by atoms with Crippen molar-refractivity contribution in [3.8, 4) is 0 Å². The second kappa shape index (κ2) is 21.5. The zero-order chi connectivity index (χ0) is 52.3. The van der Waals surface area contributed by atoms with Crippen molar-refractivity contribution >= 4 is 47.1 Å². The van der Waals surface area contributed by atoms with E-state index in [0.29, 0.717) is 11.1 Å². The van der Waals surface area contributed by atoms with Gasteiger partial charge in [0.15, 0.2) is 17.7 Å². The molecule has 4 aliphatic rings. The number of aliphatic hydroxyl groups is 3. The van der Waals surface area contributed by atoms with Crippen molar-refractivity contribution < 1.29 is 83.2 Å². The predicted octanol–water partition coefficient (Wildman–Crippen LogP) is 3.18. The first kappa shape index (κ1) is 53.9. The molecule has 1 heterocycles. The van der Waals surface area contributed by atoms with Crippen molar-refractivity contribution in [2.45, 2.75) is 114 Å². The van der Waals surface area contributed by atoms with Gasteiger partial charge in [-0.1, -0.05) is 74.5 Å². The Morgan fingerprint density at radius 1 is 0.887 bits per heavy atom. The molecular formula is C52H60N2O17. The molecule has 0 radical (unpaired) electrons. The van der Waals surface area contributed by atoms with Gasteiger partial charge in [0, 0.05) is 49.0 Å². The van der Waals surface area contributed by atoms with Gasteiger partial charge in [0.2, 0.25) is 5.78 Å². The number of hydrogen-bond acceptors (Lipinski definition) is 15. The molecule has 71 heavy (non-hydrogen) atoms. The number of hydrogen-bond donors (Lipinski definition) is 8. The maximum absolute atomic E-state index is 15.5. The predicted molar refractivity (Wildman–Crippen MR) is 250 cm³/mol. The van der Waals surface area contributed by atoms with Crippen LogP contribution in [0.25, 0.3) is 0 Å². The highest BCUT2D eigenvalue weighted by atomic mass is 16.6. The Hall–Kier alpha value is -6.48. The fourth-order valence-electron chi connectivity index (χ4n) is 10.8. The molecular weight excluding hydrogens is 925 g/mol. The molecule has 9 N–H and O–H groups in total. The van der Waals surface area contributed by atoms with Gasteiger partial charge in [-0.25, -0.2) is 9.59 Å². The number of ketones is 3. The molecule has 0 aromatic heterocycles. The summed E-state index contributed by atoms with van der Waals surface area (Å²) >= 11 is 0. The minimum Gasteiger partial charge on any atom is -0.481 e. The third kappa shape index (κ3) is 10.6. The van der Waals surface area contributed by atoms with E-state index in [1.807, 2.05) is 0 Å². The summed E-state index contributed by atoms with van der Waals surface area (Å²) in [6.07, 6.45) is -7.20. The molecule has 19 heteroatoms. The molecule has 2 bridgehead atoms. The Bertz CT molecular complexity index is 2560. The van der Waals surface area contributed by atoms with E-state index < -0.39 is 131 Å². The molecule has 1 saturated heterocycles. The number of benzene rings is 3. The highest BCUT2D eigenvalue weighted by molar-refractivity contribution is 6.36. The maximum Gasteiger partial charge on any atom is 0.338 e. The number of ether oxygens (including phenoxy) is 3. The monoisotopic (exact) mass is 984 g/mol. The number of esters is 1. The second-order valence-corrected chi connectivity index (χ2v) is 19.4. The molecule has 3 aromatic rings. The topological polar surface area (TPSA) is 324 Å². The number of fused-ring (bicyclic) bond motifs is 5. The molecule has 3 aliphatic carbocycles. The lowest BCUT2D eigenvalue weighted by Crippen LogP contribution is -2.72. The summed E-state index contributed by atoms with van der Waals surface area (Å²) < 4.78 is 18.3. The maximum atomic E-state index is 15.5. The number of aromatic carboxylic acids is 1. The van der Waals surface area contributed by atoms with Crippen LogP contribution in [0.2, 0.25) is 0 Å². The zero-order valence-electron chi connectivity index (χ0n) is 39.9. The molecule has 1 amide bonds. The van der Waals surface area contributed by atoms with Gasteiger partial charge in [-0.2, -0.15) is 0 Å². The van der Waals surface area contributed by atoms with Crippen molar-refractivity contribution in [3.63, 3.8) is 0 Å². The molecule has 0 spiro atoms. The number of carboxylic acid groups (broad SMARTS) is 3. The summed E-state index contributed by atoms with van der Waals surface area (Å²) in [5.41, 5.74) is 1.45. The van der Waals surface area contributed by atoms with Gasteiger partial charge in [-0.15, -0.1) is 0 Å². The van der Waals surface area contributed by atoms with Gasteiger partial charge in [-0.05, 0) is 72.7 Å². The van der Waals surface area contributed by atoms with Gasteiger partial charge in [0.25, 0.3) is 5.91 Å². The van der Waals surface area contributed by atoms with Crippen molar-refractivity contribution in [2.75, 3.05) is 13.2 Å². The van der Waals surface area contributed by atoms with Crippen LogP contribution in [0.15, 0.2) is 96.1 Å². The summed E-state index contributed by atoms with van der Waals surface area (Å²) in [5.74, 6) is -9.76. The van der Waals surface area contributed by atoms with E-state index in [9.17, 15) is 54.0 Å². The number of rotatable bonds is 16. The van der Waals surface area contributed by atoms with E-state index in [1.54, 1.807) is 100 Å². The lowest BCUT2D eigenvalue weighted by Gasteiger charge is -2.65. The van der Waals surface area contributed by atoms with Gasteiger partial charge in [0.05, 0.1) is 41.4 Å². The average molecular weight is 985 g/mol. The van der Waals surface area contributed by atoms with E-state index in [-0.39, 0.29) is 54.6 Å². The van der Waals surface area contributed by atoms with Crippen molar-refractivity contribution in [1.29, 1.82) is 0 Å². The van der Waals surface area contributed by atoms with E-state index in [0.717, 1.165) is 6.92 Å². The molecule has 380 valence electrons. The molecule has 12 atom stereocenters. The quantitative estimate of drug-likeness (QED) is 0.0580. The number of carbonyl (C=O) groups is 8. The SMILES string of the molecule is CC(=O)C(=O)CO[C@H]1C(=O)[C@@]2(C)[C@H]([C@H]3CO[C@H]3C[C@@H]2O)[C@@H](c2ccc(C(=O)O)cc2)[C@]2(O)C[C@H](OC(=O)[C@H](O)[C@@H](NC(=O)c3ccccc3)c3ccccc3)C(C)=C1C2(C)C.N[C@@H](CCC(=O)O)C(=O)O. The average Bonchev–Trinajstić information content (AvgIpc) is 3.32. The third-order valence-corrected chi connectivity index (χ3v) is 14.9. The molecule has 7 rings (SSSR count). The molecule has 2 saturated carbocycles. The molecule has 0 unspecified atom stereocenters. The smallest absolute Gasteiger partial charge is 0.338 e. The Morgan fingerprint density at radius 2 is 1.49 bits per heavy atom. The Balaban J connectivity index is 0.000000743. The van der Waals surface area contributed by atoms with Crippen LogP contribution in [0.3, 0.4) is 0 Å². The van der Waals surface area contributed by atoms with Crippen LogP contribution < -0.4 is 11.1 Å². The summed E-state index contributed by atoms with van der Waals surface area (Å²) in [6.45, 7) is 7.06. The van der Waals surface area contributed by atoms with Crippen LogP contribution >= 0.6 is 0 Å². The van der Waals surface area contributed by atoms with E-state index in [2.05, 4.69) is 5.32 Å². The van der Waals surface area contributed by atoms with Gasteiger partial charge >= 0.3 is 23.9 Å². The van der Waals surface area contributed by atoms with Gasteiger partial charge in [0.1, 0.15) is 24.9 Å². The Morgan fingerprint density at radius 3 is 2.03 bits per heavy atom.